The van der Waals surface area contributed by atoms with Gasteiger partial charge in [-0.1, -0.05) is 22.0 Å². The summed E-state index contributed by atoms with van der Waals surface area (Å²) in [7, 11) is 0. The number of rotatable bonds is 2. The highest BCUT2D eigenvalue weighted by Gasteiger charge is 2.10. The Morgan fingerprint density at radius 3 is 2.50 bits per heavy atom. The van der Waals surface area contributed by atoms with Crippen molar-refractivity contribution in [3.8, 4) is 0 Å². The van der Waals surface area contributed by atoms with Crippen LogP contribution in [0.2, 0.25) is 0 Å². The monoisotopic (exact) mass is 259 g/mol. The van der Waals surface area contributed by atoms with E-state index < -0.39 is 0 Å². The van der Waals surface area contributed by atoms with Crippen molar-refractivity contribution in [3.05, 3.63) is 34.1 Å². The summed E-state index contributed by atoms with van der Waals surface area (Å²) >= 11 is 3.23. The van der Waals surface area contributed by atoms with Crippen molar-refractivity contribution in [3.63, 3.8) is 0 Å². The Balaban J connectivity index is 2.68. The molecule has 0 aliphatic heterocycles. The molecule has 0 unspecified atom stereocenters. The van der Waals surface area contributed by atoms with Crippen LogP contribution in [0.3, 0.4) is 0 Å². The number of nitrogens with one attached hydrogen (secondary N) is 1. The van der Waals surface area contributed by atoms with Crippen LogP contribution in [0.25, 0.3) is 0 Å². The van der Waals surface area contributed by atoms with Gasteiger partial charge < -0.3 is 5.32 Å². The molecule has 0 amide bonds. The number of hydrogen-bond donors (Lipinski definition) is 1. The summed E-state index contributed by atoms with van der Waals surface area (Å²) in [5.41, 5.74) is 0.711. The lowest BCUT2D eigenvalue weighted by Gasteiger charge is -2.20. The van der Waals surface area contributed by atoms with E-state index in [1.54, 1.807) is 6.07 Å². The molecule has 0 aliphatic rings. The smallest absolute Gasteiger partial charge is 0.128 e. The van der Waals surface area contributed by atoms with Crippen LogP contribution in [0.1, 0.15) is 26.3 Å². The zero-order valence-electron chi connectivity index (χ0n) is 8.70. The van der Waals surface area contributed by atoms with E-state index in [4.69, 9.17) is 0 Å². The van der Waals surface area contributed by atoms with Crippen molar-refractivity contribution < 1.29 is 4.39 Å². The lowest BCUT2D eigenvalue weighted by molar-refractivity contribution is 0.418. The molecule has 1 rings (SSSR count). The first-order valence-electron chi connectivity index (χ1n) is 4.57. The maximum absolute atomic E-state index is 13.4. The first kappa shape index (κ1) is 11.7. The summed E-state index contributed by atoms with van der Waals surface area (Å²) in [6.07, 6.45) is 0. The van der Waals surface area contributed by atoms with Crippen molar-refractivity contribution in [1.29, 1.82) is 0 Å². The van der Waals surface area contributed by atoms with Crippen LogP contribution >= 0.6 is 15.9 Å². The third-order valence-corrected chi connectivity index (χ3v) is 2.32. The molecule has 3 heteroatoms. The van der Waals surface area contributed by atoms with Gasteiger partial charge in [0, 0.05) is 22.1 Å². The third-order valence-electron chi connectivity index (χ3n) is 1.82. The second-order valence-corrected chi connectivity index (χ2v) is 5.25. The second-order valence-electron chi connectivity index (χ2n) is 4.34. The van der Waals surface area contributed by atoms with Crippen molar-refractivity contribution in [2.45, 2.75) is 32.9 Å². The van der Waals surface area contributed by atoms with E-state index in [0.29, 0.717) is 12.1 Å². The van der Waals surface area contributed by atoms with Crippen molar-refractivity contribution >= 4 is 15.9 Å². The Bertz CT molecular complexity index is 318. The molecular weight excluding hydrogens is 245 g/mol. The molecular formula is C11H15BrFN. The highest BCUT2D eigenvalue weighted by molar-refractivity contribution is 9.10. The van der Waals surface area contributed by atoms with Crippen LogP contribution < -0.4 is 5.32 Å². The maximum Gasteiger partial charge on any atom is 0.128 e. The molecule has 14 heavy (non-hydrogen) atoms. The Morgan fingerprint density at radius 2 is 2.00 bits per heavy atom. The molecule has 0 spiro atoms. The van der Waals surface area contributed by atoms with E-state index in [1.165, 1.54) is 6.07 Å². The predicted molar refractivity (Wildman–Crippen MR) is 60.7 cm³/mol. The van der Waals surface area contributed by atoms with E-state index in [2.05, 4.69) is 42.0 Å². The van der Waals surface area contributed by atoms with Crippen molar-refractivity contribution in [2.75, 3.05) is 0 Å². The van der Waals surface area contributed by atoms with Gasteiger partial charge in [0.25, 0.3) is 0 Å². The summed E-state index contributed by atoms with van der Waals surface area (Å²) in [6, 6.07) is 5.13. The molecule has 78 valence electrons. The van der Waals surface area contributed by atoms with Gasteiger partial charge in [-0.25, -0.2) is 4.39 Å². The van der Waals surface area contributed by atoms with Gasteiger partial charge in [-0.2, -0.15) is 0 Å². The fourth-order valence-corrected chi connectivity index (χ4v) is 1.36. The summed E-state index contributed by atoms with van der Waals surface area (Å²) in [4.78, 5) is 0. The fourth-order valence-electron chi connectivity index (χ4n) is 1.03. The molecule has 0 aliphatic carbocycles. The molecule has 0 saturated carbocycles. The molecule has 0 saturated heterocycles. The van der Waals surface area contributed by atoms with Crippen molar-refractivity contribution in [1.82, 2.24) is 5.32 Å². The second kappa shape index (κ2) is 4.41. The summed E-state index contributed by atoms with van der Waals surface area (Å²) in [5.74, 6) is -0.170. The van der Waals surface area contributed by atoms with E-state index in [-0.39, 0.29) is 11.4 Å². The molecule has 1 aromatic carbocycles. The van der Waals surface area contributed by atoms with Gasteiger partial charge in [-0.05, 0) is 32.9 Å². The van der Waals surface area contributed by atoms with E-state index in [1.807, 2.05) is 6.07 Å². The molecule has 1 aromatic rings. The lowest BCUT2D eigenvalue weighted by atomic mass is 10.1. The average molecular weight is 260 g/mol. The van der Waals surface area contributed by atoms with Gasteiger partial charge in [-0.3, -0.25) is 0 Å². The Morgan fingerprint density at radius 1 is 1.36 bits per heavy atom. The minimum atomic E-state index is -0.170. The summed E-state index contributed by atoms with van der Waals surface area (Å²) < 4.78 is 14.1. The minimum absolute atomic E-state index is 0.0134. The van der Waals surface area contributed by atoms with Gasteiger partial charge in [0.2, 0.25) is 0 Å². The normalized spacial score (nSPS) is 11.8. The van der Waals surface area contributed by atoms with Gasteiger partial charge in [0.1, 0.15) is 5.82 Å². The van der Waals surface area contributed by atoms with E-state index in [0.717, 1.165) is 4.47 Å². The first-order chi connectivity index (χ1) is 6.38. The number of benzene rings is 1. The number of hydrogen-bond acceptors (Lipinski definition) is 1. The Hall–Kier alpha value is -0.410. The zero-order chi connectivity index (χ0) is 10.8. The van der Waals surface area contributed by atoms with Crippen molar-refractivity contribution in [2.24, 2.45) is 0 Å². The van der Waals surface area contributed by atoms with Crippen LogP contribution in [-0.4, -0.2) is 5.54 Å². The topological polar surface area (TPSA) is 12.0 Å². The predicted octanol–water partition coefficient (Wildman–Crippen LogP) is 3.48. The highest BCUT2D eigenvalue weighted by Crippen LogP contribution is 2.15. The largest absolute Gasteiger partial charge is 0.308 e. The average Bonchev–Trinajstić information content (AvgIpc) is 2.00. The maximum atomic E-state index is 13.4. The first-order valence-corrected chi connectivity index (χ1v) is 5.37. The van der Waals surface area contributed by atoms with Crippen LogP contribution in [0, 0.1) is 5.82 Å². The zero-order valence-corrected chi connectivity index (χ0v) is 10.3. The Labute approximate surface area is 92.8 Å². The van der Waals surface area contributed by atoms with E-state index in [9.17, 15) is 4.39 Å². The molecule has 0 heterocycles. The quantitative estimate of drug-likeness (QED) is 0.858. The highest BCUT2D eigenvalue weighted by atomic mass is 79.9. The van der Waals surface area contributed by atoms with Crippen LogP contribution in [-0.2, 0) is 6.54 Å². The van der Waals surface area contributed by atoms with Gasteiger partial charge in [0.15, 0.2) is 0 Å². The standard InChI is InChI=1S/C11H15BrFN/c1-11(2,3)14-7-8-4-5-9(12)6-10(8)13/h4-6,14H,7H2,1-3H3. The van der Waals surface area contributed by atoms with Crippen LogP contribution in [0.15, 0.2) is 22.7 Å². The number of halogens is 2. The molecule has 0 radical (unpaired) electrons. The molecule has 1 N–H and O–H groups in total. The minimum Gasteiger partial charge on any atom is -0.308 e. The van der Waals surface area contributed by atoms with Gasteiger partial charge >= 0.3 is 0 Å². The molecule has 1 nitrogen and oxygen atoms in total. The molecule has 0 fully saturated rings. The van der Waals surface area contributed by atoms with Gasteiger partial charge in [-0.15, -0.1) is 0 Å². The lowest BCUT2D eigenvalue weighted by Crippen LogP contribution is -2.35. The summed E-state index contributed by atoms with van der Waals surface area (Å²) in [6.45, 7) is 6.74. The van der Waals surface area contributed by atoms with Crippen LogP contribution in [0.5, 0.6) is 0 Å². The van der Waals surface area contributed by atoms with Crippen LogP contribution in [0.4, 0.5) is 4.39 Å². The summed E-state index contributed by atoms with van der Waals surface area (Å²) in [5, 5.41) is 3.24. The van der Waals surface area contributed by atoms with Gasteiger partial charge in [0.05, 0.1) is 0 Å². The molecule has 0 bridgehead atoms. The third kappa shape index (κ3) is 3.76. The molecule has 0 atom stereocenters. The Kier molecular flexibility index (Phi) is 3.67. The SMILES string of the molecule is CC(C)(C)NCc1ccc(Br)cc1F. The molecule has 0 aromatic heterocycles. The fraction of sp³-hybridized carbons (Fsp3) is 0.455. The van der Waals surface area contributed by atoms with E-state index >= 15 is 0 Å².